The molecule has 0 atom stereocenters. The third-order valence-electron chi connectivity index (χ3n) is 18.0. The number of hydrogen-bond acceptors (Lipinski definition) is 5. The van der Waals surface area contributed by atoms with Crippen LogP contribution in [0.15, 0.2) is 170 Å². The fourth-order valence-electron chi connectivity index (χ4n) is 13.1. The summed E-state index contributed by atoms with van der Waals surface area (Å²) >= 11 is 0. The van der Waals surface area contributed by atoms with Crippen molar-refractivity contribution < 1.29 is 49.5 Å². The average Bonchev–Trinajstić information content (AvgIpc) is 2.04. The van der Waals surface area contributed by atoms with Gasteiger partial charge in [0, 0.05) is 0 Å². The van der Waals surface area contributed by atoms with E-state index in [2.05, 4.69) is 217 Å². The van der Waals surface area contributed by atoms with E-state index in [0.29, 0.717) is 12.8 Å². The van der Waals surface area contributed by atoms with Crippen LogP contribution in [0.5, 0.6) is 11.5 Å². The molecule has 2 N–H and O–H groups in total. The maximum atomic E-state index is 11.8. The van der Waals surface area contributed by atoms with Crippen LogP contribution in [-0.2, 0) is 70.8 Å². The predicted molar refractivity (Wildman–Crippen MR) is 356 cm³/mol. The number of phenols is 1. The Morgan fingerprint density at radius 2 is 0.551 bits per heavy atom. The van der Waals surface area contributed by atoms with Gasteiger partial charge in [0.1, 0.15) is 11.3 Å². The maximum absolute atomic E-state index is 11.8. The molecule has 7 heteroatoms. The van der Waals surface area contributed by atoms with Crippen LogP contribution in [0.25, 0.3) is 0 Å². The first-order valence-corrected chi connectivity index (χ1v) is 30.6. The van der Waals surface area contributed by atoms with Gasteiger partial charge in [-0.2, -0.15) is 0 Å². The van der Waals surface area contributed by atoms with Gasteiger partial charge in [-0.05, 0) is 297 Å². The van der Waals surface area contributed by atoms with Gasteiger partial charge in [-0.25, -0.2) is 4.79 Å². The molecule has 0 saturated carbocycles. The van der Waals surface area contributed by atoms with Crippen molar-refractivity contribution in [2.45, 2.75) is 134 Å². The zero-order valence-electron chi connectivity index (χ0n) is 54.1. The Labute approximate surface area is 540 Å². The van der Waals surface area contributed by atoms with E-state index in [1.54, 1.807) is 18.2 Å². The van der Waals surface area contributed by atoms with Gasteiger partial charge < -0.3 is 25.2 Å². The standard InChI is InChI=1S/2C41H42O3.Zn/c2*1-25-17-26(2)36(27(3)18-25)21-32-11-13-34(14-12-32)23-38-29(5)19-28(4)37(30(38)6)22-33-9-7-31(8-10-33)20-35-15-16-40(42)39(24-35)41(43)44;/h2*7-19,24,42H,20-23H2,1-6H3,(H,43,44);/q;;+2/p-2. The van der Waals surface area contributed by atoms with Crippen molar-refractivity contribution in [3.05, 3.63) is 337 Å². The van der Waals surface area contributed by atoms with Gasteiger partial charge in [0.25, 0.3) is 0 Å². The zero-order chi connectivity index (χ0) is 63.1. The molecule has 6 nitrogen and oxygen atoms in total. The normalized spacial score (nSPS) is 11.0. The molecule has 0 bridgehead atoms. The van der Waals surface area contributed by atoms with E-state index in [1.807, 2.05) is 0 Å². The predicted octanol–water partition coefficient (Wildman–Crippen LogP) is 16.6. The molecule has 0 aromatic heterocycles. The molecular weight excluding hydrogens is 1150 g/mol. The summed E-state index contributed by atoms with van der Waals surface area (Å²) < 4.78 is 0. The van der Waals surface area contributed by atoms with Crippen molar-refractivity contribution in [1.29, 1.82) is 0 Å². The van der Waals surface area contributed by atoms with Crippen LogP contribution in [0.4, 0.5) is 0 Å². The van der Waals surface area contributed by atoms with Gasteiger partial charge in [0.15, 0.2) is 0 Å². The summed E-state index contributed by atoms with van der Waals surface area (Å²) in [5.41, 5.74) is 35.8. The number of carbonyl (C=O) groups is 2. The number of carbonyl (C=O) groups excluding carboxylic acids is 1. The van der Waals surface area contributed by atoms with Crippen molar-refractivity contribution in [1.82, 2.24) is 0 Å². The average molecular weight is 1230 g/mol. The first-order chi connectivity index (χ1) is 42.0. The third-order valence-corrected chi connectivity index (χ3v) is 18.0. The number of aromatic carboxylic acids is 2. The van der Waals surface area contributed by atoms with Crippen LogP contribution >= 0.6 is 0 Å². The first-order valence-electron chi connectivity index (χ1n) is 30.6. The van der Waals surface area contributed by atoms with Gasteiger partial charge in [0.2, 0.25) is 0 Å². The SMILES string of the molecule is Cc1cc(C)c(Cc2ccc(Cc3c(C)cc(C)c(Cc4ccc(Cc5ccc(O)c(C(=O)O)c5)cc4)c3C)cc2)c(C)c1.Cc1cc(C)c(Cc2ccc(Cc3c(C)cc(C)c(Cc4ccc(Cc5ccc([O-])c(C(=O)[O-])c5)cc4)c3C)cc2)c(C)c1.[Zn+2]. The van der Waals surface area contributed by atoms with E-state index in [9.17, 15) is 30.0 Å². The smallest absolute Gasteiger partial charge is 0.872 e. The fourth-order valence-corrected chi connectivity index (χ4v) is 13.1. The minimum Gasteiger partial charge on any atom is -0.872 e. The number of aryl methyl sites for hydroxylation is 10. The summed E-state index contributed by atoms with van der Waals surface area (Å²) in [6, 6.07) is 58.2. The Bertz CT molecular complexity index is 3890. The van der Waals surface area contributed by atoms with Gasteiger partial charge in [-0.1, -0.05) is 175 Å². The molecular formula is C82H82O6Zn. The van der Waals surface area contributed by atoms with Crippen molar-refractivity contribution in [3.8, 4) is 11.5 Å². The summed E-state index contributed by atoms with van der Waals surface area (Å²) in [4.78, 5) is 22.6. The Morgan fingerprint density at radius 1 is 0.315 bits per heavy atom. The molecule has 0 amide bonds. The quantitative estimate of drug-likeness (QED) is 0.0826. The van der Waals surface area contributed by atoms with Gasteiger partial charge in [-0.15, -0.1) is 0 Å². The molecule has 448 valence electrons. The number of benzene rings is 10. The van der Waals surface area contributed by atoms with E-state index < -0.39 is 17.7 Å². The van der Waals surface area contributed by atoms with E-state index in [1.165, 1.54) is 152 Å². The molecule has 0 spiro atoms. The summed E-state index contributed by atoms with van der Waals surface area (Å²) in [5.74, 6) is -3.29. The second-order valence-electron chi connectivity index (χ2n) is 24.9. The molecule has 10 rings (SSSR count). The Morgan fingerprint density at radius 3 is 0.831 bits per heavy atom. The fraction of sp³-hybridized carbons (Fsp3) is 0.244. The molecule has 0 unspecified atom stereocenters. The Hall–Kier alpha value is -8.64. The second kappa shape index (κ2) is 29.1. The van der Waals surface area contributed by atoms with Gasteiger partial charge in [-0.3, -0.25) is 0 Å². The first kappa shape index (κ1) is 66.3. The van der Waals surface area contributed by atoms with E-state index >= 15 is 0 Å². The summed E-state index contributed by atoms with van der Waals surface area (Å²) in [6.45, 7) is 26.6. The second-order valence-corrected chi connectivity index (χ2v) is 24.9. The summed E-state index contributed by atoms with van der Waals surface area (Å²) in [6.07, 6.45) is 6.60. The number of aromatic hydroxyl groups is 1. The van der Waals surface area contributed by atoms with Gasteiger partial charge in [0.05, 0.1) is 5.97 Å². The molecule has 0 aliphatic heterocycles. The van der Waals surface area contributed by atoms with E-state index in [-0.39, 0.29) is 36.4 Å². The van der Waals surface area contributed by atoms with E-state index in [4.69, 9.17) is 0 Å². The maximum Gasteiger partial charge on any atom is 2.00 e. The number of hydrogen-bond donors (Lipinski definition) is 2. The van der Waals surface area contributed by atoms with Crippen LogP contribution in [-0.4, -0.2) is 22.2 Å². The van der Waals surface area contributed by atoms with Crippen molar-refractivity contribution >= 4 is 11.9 Å². The van der Waals surface area contributed by atoms with Crippen LogP contribution in [0.1, 0.15) is 176 Å². The van der Waals surface area contributed by atoms with Crippen LogP contribution in [0.3, 0.4) is 0 Å². The Balaban J connectivity index is 0.000000228. The molecule has 0 fully saturated rings. The van der Waals surface area contributed by atoms with Crippen molar-refractivity contribution in [2.75, 3.05) is 0 Å². The summed E-state index contributed by atoms with van der Waals surface area (Å²) in [5, 5.41) is 42.1. The van der Waals surface area contributed by atoms with Crippen molar-refractivity contribution in [2.24, 2.45) is 0 Å². The zero-order valence-corrected chi connectivity index (χ0v) is 57.0. The number of carboxylic acid groups (broad SMARTS) is 2. The Kier molecular flexibility index (Phi) is 21.7. The van der Waals surface area contributed by atoms with Crippen LogP contribution < -0.4 is 10.2 Å². The molecule has 0 radical (unpaired) electrons. The van der Waals surface area contributed by atoms with Crippen LogP contribution in [0.2, 0.25) is 0 Å². The van der Waals surface area contributed by atoms with E-state index in [0.717, 1.165) is 60.8 Å². The largest absolute Gasteiger partial charge is 2.00 e. The molecule has 0 aliphatic carbocycles. The molecule has 0 saturated heterocycles. The topological polar surface area (TPSA) is 121 Å². The number of rotatable bonds is 18. The van der Waals surface area contributed by atoms with Crippen LogP contribution in [0, 0.1) is 83.1 Å². The molecule has 0 aliphatic rings. The molecule has 10 aromatic rings. The minimum atomic E-state index is -1.43. The monoisotopic (exact) mass is 1230 g/mol. The minimum absolute atomic E-state index is 0. The number of carboxylic acids is 2. The third kappa shape index (κ3) is 16.6. The van der Waals surface area contributed by atoms with Gasteiger partial charge >= 0.3 is 25.4 Å². The molecule has 10 aromatic carbocycles. The summed E-state index contributed by atoms with van der Waals surface area (Å²) in [7, 11) is 0. The molecule has 0 heterocycles. The van der Waals surface area contributed by atoms with Crippen molar-refractivity contribution in [3.63, 3.8) is 0 Å². The molecule has 89 heavy (non-hydrogen) atoms.